The molecule has 0 saturated heterocycles. The number of fused-ring (bicyclic) bond motifs is 1. The van der Waals surface area contributed by atoms with Crippen molar-refractivity contribution >= 4 is 38.1 Å². The van der Waals surface area contributed by atoms with Crippen molar-refractivity contribution in [2.75, 3.05) is 18.3 Å². The molecule has 4 rings (SSSR count). The first-order valence-electron chi connectivity index (χ1n) is 10.5. The van der Waals surface area contributed by atoms with Crippen LogP contribution in [0.2, 0.25) is 0 Å². The third-order valence-electron chi connectivity index (χ3n) is 5.35. The lowest BCUT2D eigenvalue weighted by Gasteiger charge is -2.12. The van der Waals surface area contributed by atoms with Crippen molar-refractivity contribution < 1.29 is 26.4 Å². The van der Waals surface area contributed by atoms with E-state index in [-0.39, 0.29) is 17.5 Å². The van der Waals surface area contributed by atoms with Gasteiger partial charge in [-0.1, -0.05) is 6.07 Å². The average Bonchev–Trinajstić information content (AvgIpc) is 3.27. The standard InChI is InChI=1S/C24H20F3N5O3S/c1-29-10-14(9-28)13-7-17-18(12-31-24(17)30-11-13)23(33)21-19(26)5-6-20(22(21)27)32-36(34,35)16-4-2-3-15(25)8-16/h2-8,10-12,29,32H,9,28H2,1H3,(H,30,31)/b14-10+. The minimum atomic E-state index is -4.43. The van der Waals surface area contributed by atoms with Crippen molar-refractivity contribution in [2.24, 2.45) is 5.73 Å². The van der Waals surface area contributed by atoms with Gasteiger partial charge in [-0.2, -0.15) is 0 Å². The van der Waals surface area contributed by atoms with Gasteiger partial charge in [0.2, 0.25) is 5.78 Å². The van der Waals surface area contributed by atoms with E-state index < -0.39 is 49.4 Å². The second-order valence-electron chi connectivity index (χ2n) is 7.66. The Morgan fingerprint density at radius 3 is 2.64 bits per heavy atom. The normalized spacial score (nSPS) is 12.1. The Labute approximate surface area is 204 Å². The fraction of sp³-hybridized carbons (Fsp3) is 0.0833. The molecule has 0 aliphatic heterocycles. The van der Waals surface area contributed by atoms with E-state index in [4.69, 9.17) is 5.73 Å². The summed E-state index contributed by atoms with van der Waals surface area (Å²) in [6, 6.07) is 7.26. The number of aromatic nitrogens is 2. The smallest absolute Gasteiger partial charge is 0.262 e. The molecule has 5 N–H and O–H groups in total. The fourth-order valence-corrected chi connectivity index (χ4v) is 4.70. The number of hydrogen-bond acceptors (Lipinski definition) is 6. The Bertz CT molecular complexity index is 1620. The number of pyridine rings is 1. The first-order valence-corrected chi connectivity index (χ1v) is 12.0. The summed E-state index contributed by atoms with van der Waals surface area (Å²) in [7, 11) is -2.74. The molecule has 0 atom stereocenters. The summed E-state index contributed by atoms with van der Waals surface area (Å²) >= 11 is 0. The van der Waals surface area contributed by atoms with E-state index in [1.54, 1.807) is 19.3 Å². The Morgan fingerprint density at radius 2 is 1.94 bits per heavy atom. The maximum Gasteiger partial charge on any atom is 0.262 e. The van der Waals surface area contributed by atoms with Gasteiger partial charge in [-0.15, -0.1) is 0 Å². The van der Waals surface area contributed by atoms with Crippen LogP contribution in [0.25, 0.3) is 16.6 Å². The van der Waals surface area contributed by atoms with Crippen LogP contribution >= 0.6 is 0 Å². The van der Waals surface area contributed by atoms with E-state index in [9.17, 15) is 22.0 Å². The van der Waals surface area contributed by atoms with E-state index in [2.05, 4.69) is 15.3 Å². The number of halogens is 3. The molecular weight excluding hydrogens is 495 g/mol. The van der Waals surface area contributed by atoms with Crippen molar-refractivity contribution in [3.8, 4) is 0 Å². The summed E-state index contributed by atoms with van der Waals surface area (Å²) < 4.78 is 70.7. The van der Waals surface area contributed by atoms with Crippen LogP contribution in [0.15, 0.2) is 66.0 Å². The minimum Gasteiger partial charge on any atom is -0.394 e. The van der Waals surface area contributed by atoms with Gasteiger partial charge in [0.05, 0.1) is 16.1 Å². The monoisotopic (exact) mass is 515 g/mol. The Balaban J connectivity index is 1.77. The van der Waals surface area contributed by atoms with Gasteiger partial charge in [-0.3, -0.25) is 9.52 Å². The first kappa shape index (κ1) is 24.9. The van der Waals surface area contributed by atoms with E-state index in [0.29, 0.717) is 16.8 Å². The Morgan fingerprint density at radius 1 is 1.17 bits per heavy atom. The van der Waals surface area contributed by atoms with Crippen LogP contribution < -0.4 is 15.8 Å². The average molecular weight is 516 g/mol. The number of nitrogens with two attached hydrogens (primary N) is 1. The van der Waals surface area contributed by atoms with Crippen LogP contribution in [0.3, 0.4) is 0 Å². The first-order chi connectivity index (χ1) is 17.2. The highest BCUT2D eigenvalue weighted by atomic mass is 32.2. The van der Waals surface area contributed by atoms with Gasteiger partial charge < -0.3 is 16.0 Å². The molecule has 0 aliphatic carbocycles. The molecule has 0 amide bonds. The molecule has 4 aromatic rings. The fourth-order valence-electron chi connectivity index (χ4n) is 3.61. The van der Waals surface area contributed by atoms with Crippen molar-refractivity contribution in [2.45, 2.75) is 4.90 Å². The van der Waals surface area contributed by atoms with E-state index >= 15 is 4.39 Å². The molecular formula is C24H20F3N5O3S. The van der Waals surface area contributed by atoms with Crippen LogP contribution in [-0.2, 0) is 10.0 Å². The van der Waals surface area contributed by atoms with Gasteiger partial charge in [0.15, 0.2) is 5.82 Å². The van der Waals surface area contributed by atoms with E-state index in [0.717, 1.165) is 30.3 Å². The van der Waals surface area contributed by atoms with Gasteiger partial charge >= 0.3 is 0 Å². The number of anilines is 1. The van der Waals surface area contributed by atoms with Crippen molar-refractivity contribution in [1.29, 1.82) is 0 Å². The topological polar surface area (TPSA) is 130 Å². The number of benzene rings is 2. The summed E-state index contributed by atoms with van der Waals surface area (Å²) in [6.45, 7) is 0.165. The molecule has 0 unspecified atom stereocenters. The maximum atomic E-state index is 15.3. The molecule has 0 radical (unpaired) electrons. The molecule has 0 fully saturated rings. The molecule has 186 valence electrons. The maximum absolute atomic E-state index is 15.3. The predicted molar refractivity (Wildman–Crippen MR) is 129 cm³/mol. The molecule has 2 aromatic carbocycles. The number of rotatable bonds is 8. The highest BCUT2D eigenvalue weighted by Crippen LogP contribution is 2.29. The highest BCUT2D eigenvalue weighted by Gasteiger charge is 2.26. The number of hydrogen-bond donors (Lipinski definition) is 4. The van der Waals surface area contributed by atoms with Crippen molar-refractivity contribution in [3.63, 3.8) is 0 Å². The lowest BCUT2D eigenvalue weighted by molar-refractivity contribution is 0.103. The number of nitrogens with one attached hydrogen (secondary N) is 3. The molecule has 0 aliphatic rings. The number of aromatic amines is 1. The van der Waals surface area contributed by atoms with Gasteiger partial charge in [-0.05, 0) is 47.5 Å². The number of carbonyl (C=O) groups is 1. The molecule has 36 heavy (non-hydrogen) atoms. The molecule has 0 spiro atoms. The molecule has 2 aromatic heterocycles. The predicted octanol–water partition coefficient (Wildman–Crippen LogP) is 3.53. The Hall–Kier alpha value is -4.16. The second kappa shape index (κ2) is 9.84. The van der Waals surface area contributed by atoms with Crippen LogP contribution in [0.4, 0.5) is 18.9 Å². The lowest BCUT2D eigenvalue weighted by Crippen LogP contribution is -2.16. The summed E-state index contributed by atoms with van der Waals surface area (Å²) in [5, 5.41) is 3.15. The Kier molecular flexibility index (Phi) is 6.82. The van der Waals surface area contributed by atoms with Gasteiger partial charge in [0, 0.05) is 43.1 Å². The van der Waals surface area contributed by atoms with Gasteiger partial charge in [0.1, 0.15) is 17.3 Å². The summed E-state index contributed by atoms with van der Waals surface area (Å²) in [4.78, 5) is 19.8. The van der Waals surface area contributed by atoms with E-state index in [1.807, 2.05) is 4.72 Å². The molecule has 0 bridgehead atoms. The third kappa shape index (κ3) is 4.68. The quantitative estimate of drug-likeness (QED) is 0.266. The number of nitrogens with zero attached hydrogens (tertiary/aromatic N) is 1. The number of carbonyl (C=O) groups excluding carboxylic acids is 1. The highest BCUT2D eigenvalue weighted by molar-refractivity contribution is 7.92. The van der Waals surface area contributed by atoms with Crippen LogP contribution in [0, 0.1) is 17.5 Å². The van der Waals surface area contributed by atoms with Crippen LogP contribution in [0.1, 0.15) is 21.5 Å². The summed E-state index contributed by atoms with van der Waals surface area (Å²) in [5.41, 5.74) is 5.61. The zero-order valence-electron chi connectivity index (χ0n) is 18.8. The minimum absolute atomic E-state index is 0.0804. The van der Waals surface area contributed by atoms with Crippen LogP contribution in [0.5, 0.6) is 0 Å². The lowest BCUT2D eigenvalue weighted by atomic mass is 10.00. The number of ketones is 1. The van der Waals surface area contributed by atoms with Gasteiger partial charge in [-0.25, -0.2) is 26.6 Å². The second-order valence-corrected chi connectivity index (χ2v) is 9.34. The number of sulfonamides is 1. The SMILES string of the molecule is CN/C=C(\CN)c1cnc2[nH]cc(C(=O)c3c(F)ccc(NS(=O)(=O)c4cccc(F)c4)c3F)c2c1. The third-order valence-corrected chi connectivity index (χ3v) is 6.72. The zero-order valence-corrected chi connectivity index (χ0v) is 19.6. The number of H-pyrrole nitrogens is 1. The van der Waals surface area contributed by atoms with Crippen molar-refractivity contribution in [3.05, 3.63) is 95.2 Å². The molecule has 0 saturated carbocycles. The van der Waals surface area contributed by atoms with Gasteiger partial charge in [0.25, 0.3) is 10.0 Å². The van der Waals surface area contributed by atoms with Crippen LogP contribution in [-0.4, -0.2) is 37.8 Å². The van der Waals surface area contributed by atoms with Crippen molar-refractivity contribution in [1.82, 2.24) is 15.3 Å². The molecule has 12 heteroatoms. The summed E-state index contributed by atoms with van der Waals surface area (Å²) in [5.74, 6) is -4.46. The molecule has 2 heterocycles. The van der Waals surface area contributed by atoms with E-state index in [1.165, 1.54) is 18.5 Å². The zero-order chi connectivity index (χ0) is 26.0. The summed E-state index contributed by atoms with van der Waals surface area (Å²) in [6.07, 6.45) is 4.45. The largest absolute Gasteiger partial charge is 0.394 e. The molecule has 8 nitrogen and oxygen atoms in total.